The fraction of sp³-hybridized carbons (Fsp3) is 0.933. The fourth-order valence-corrected chi connectivity index (χ4v) is 6.11. The van der Waals surface area contributed by atoms with E-state index in [9.17, 15) is 15.0 Å². The van der Waals surface area contributed by atoms with Crippen LogP contribution < -0.4 is 0 Å². The summed E-state index contributed by atoms with van der Waals surface area (Å²) in [5.74, 6) is -0.162. The fourth-order valence-electron chi connectivity index (χ4n) is 6.11. The minimum absolute atomic E-state index is 0.0100. The molecule has 3 saturated carbocycles. The maximum absolute atomic E-state index is 12.5. The van der Waals surface area contributed by atoms with Crippen molar-refractivity contribution in [2.45, 2.75) is 56.7 Å². The summed E-state index contributed by atoms with van der Waals surface area (Å²) in [6, 6.07) is 0. The summed E-state index contributed by atoms with van der Waals surface area (Å²) in [4.78, 5) is 12.5. The van der Waals surface area contributed by atoms with E-state index in [2.05, 4.69) is 0 Å². The van der Waals surface area contributed by atoms with Crippen molar-refractivity contribution in [3.05, 3.63) is 0 Å². The van der Waals surface area contributed by atoms with Gasteiger partial charge in [0, 0.05) is 11.3 Å². The second-order valence-corrected chi connectivity index (χ2v) is 8.25. The van der Waals surface area contributed by atoms with Gasteiger partial charge >= 0.3 is 0 Å². The van der Waals surface area contributed by atoms with Crippen molar-refractivity contribution < 1.29 is 24.5 Å². The van der Waals surface area contributed by atoms with Crippen LogP contribution in [0.3, 0.4) is 0 Å². The Morgan fingerprint density at radius 2 is 1.85 bits per heavy atom. The summed E-state index contributed by atoms with van der Waals surface area (Å²) in [6.45, 7) is 6.46. The summed E-state index contributed by atoms with van der Waals surface area (Å²) >= 11 is 0. The van der Waals surface area contributed by atoms with Crippen LogP contribution in [0.2, 0.25) is 0 Å². The van der Waals surface area contributed by atoms with Gasteiger partial charge in [-0.1, -0.05) is 20.8 Å². The molecule has 5 aliphatic rings. The number of carbonyl (C=O) groups is 1. The SMILES string of the molecule is CC1(C)C[C@@H]2C(O)C34O[C@@H]3C(=O)[C@@]3(CO3)C4(C)[C@@H]2[C@H]1O. The zero-order valence-corrected chi connectivity index (χ0v) is 11.9. The Hall–Kier alpha value is -0.490. The van der Waals surface area contributed by atoms with Gasteiger partial charge in [-0.05, 0) is 17.8 Å². The molecule has 2 saturated heterocycles. The Kier molecular flexibility index (Phi) is 1.66. The Labute approximate surface area is 117 Å². The normalized spacial score (nSPS) is 68.0. The van der Waals surface area contributed by atoms with Gasteiger partial charge in [0.2, 0.25) is 0 Å². The smallest absolute Gasteiger partial charge is 0.199 e. The Bertz CT molecular complexity index is 552. The molecule has 5 nitrogen and oxygen atoms in total. The second-order valence-electron chi connectivity index (χ2n) is 8.25. The van der Waals surface area contributed by atoms with E-state index in [1.807, 2.05) is 20.8 Å². The maximum Gasteiger partial charge on any atom is 0.199 e. The van der Waals surface area contributed by atoms with E-state index in [0.717, 1.165) is 6.42 Å². The monoisotopic (exact) mass is 280 g/mol. The highest BCUT2D eigenvalue weighted by molar-refractivity contribution is 6.02. The van der Waals surface area contributed by atoms with Crippen molar-refractivity contribution in [1.82, 2.24) is 0 Å². The van der Waals surface area contributed by atoms with Crippen LogP contribution in [-0.4, -0.2) is 52.1 Å². The molecule has 0 aromatic carbocycles. The number of ketones is 1. The van der Waals surface area contributed by atoms with Gasteiger partial charge in [-0.25, -0.2) is 0 Å². The molecule has 3 aliphatic carbocycles. The number of rotatable bonds is 0. The van der Waals surface area contributed by atoms with Crippen LogP contribution in [0.25, 0.3) is 0 Å². The van der Waals surface area contributed by atoms with Crippen LogP contribution in [0.15, 0.2) is 0 Å². The summed E-state index contributed by atoms with van der Waals surface area (Å²) in [6.07, 6.45) is -0.974. The van der Waals surface area contributed by atoms with Gasteiger partial charge in [0.15, 0.2) is 17.5 Å². The largest absolute Gasteiger partial charge is 0.392 e. The van der Waals surface area contributed by atoms with Crippen LogP contribution in [0, 0.1) is 22.7 Å². The number of hydrogen-bond acceptors (Lipinski definition) is 5. The summed E-state index contributed by atoms with van der Waals surface area (Å²) in [5.41, 5.74) is -2.45. The molecule has 0 radical (unpaired) electrons. The number of Topliss-reactive ketones (excluding diaryl/α,β-unsaturated/α-hetero) is 1. The molecule has 3 unspecified atom stereocenters. The minimum atomic E-state index is -0.808. The molecule has 5 fully saturated rings. The number of fused-ring (bicyclic) bond motifs is 3. The molecule has 110 valence electrons. The first-order valence-corrected chi connectivity index (χ1v) is 7.46. The van der Waals surface area contributed by atoms with Gasteiger partial charge in [-0.15, -0.1) is 0 Å². The lowest BCUT2D eigenvalue weighted by Gasteiger charge is -2.39. The van der Waals surface area contributed by atoms with Gasteiger partial charge in [-0.2, -0.15) is 0 Å². The van der Waals surface area contributed by atoms with Crippen LogP contribution in [0.1, 0.15) is 27.2 Å². The minimum Gasteiger partial charge on any atom is -0.392 e. The van der Waals surface area contributed by atoms with E-state index >= 15 is 0 Å². The number of ether oxygens (including phenoxy) is 2. The standard InChI is InChI=1S/C15H20O5/c1-12(2)4-6-7(9(12)17)13(3)14(5-19-14)10(18)11-15(13,20-11)8(6)16/h6-9,11,16-17H,4-5H2,1-3H3/t6-,7-,8?,9+,11+,13?,14-,15?/m0/s1. The highest BCUT2D eigenvalue weighted by atomic mass is 16.7. The number of aliphatic hydroxyl groups is 2. The third-order valence-electron chi connectivity index (χ3n) is 7.24. The van der Waals surface area contributed by atoms with Crippen molar-refractivity contribution >= 4 is 5.78 Å². The van der Waals surface area contributed by atoms with Crippen LogP contribution in [0.5, 0.6) is 0 Å². The van der Waals surface area contributed by atoms with Gasteiger partial charge in [0.05, 0.1) is 18.8 Å². The van der Waals surface area contributed by atoms with Crippen molar-refractivity contribution in [3.63, 3.8) is 0 Å². The van der Waals surface area contributed by atoms with Crippen molar-refractivity contribution in [3.8, 4) is 0 Å². The Morgan fingerprint density at radius 3 is 2.45 bits per heavy atom. The predicted octanol–water partition coefficient (Wildman–Crippen LogP) is -0.120. The summed E-state index contributed by atoms with van der Waals surface area (Å²) in [7, 11) is 0. The topological polar surface area (TPSA) is 82.6 Å². The number of hydrogen-bond donors (Lipinski definition) is 2. The molecule has 2 aliphatic heterocycles. The highest BCUT2D eigenvalue weighted by Gasteiger charge is 2.97. The number of carbonyl (C=O) groups excluding carboxylic acids is 1. The van der Waals surface area contributed by atoms with Gasteiger partial charge in [-0.3, -0.25) is 4.79 Å². The van der Waals surface area contributed by atoms with Crippen LogP contribution in [0.4, 0.5) is 0 Å². The van der Waals surface area contributed by atoms with Crippen molar-refractivity contribution in [2.75, 3.05) is 6.61 Å². The molecular formula is C15H20O5. The lowest BCUT2D eigenvalue weighted by molar-refractivity contribution is -0.135. The molecule has 5 rings (SSSR count). The first kappa shape index (κ1) is 12.1. The van der Waals surface area contributed by atoms with E-state index in [0.29, 0.717) is 6.61 Å². The molecule has 20 heavy (non-hydrogen) atoms. The predicted molar refractivity (Wildman–Crippen MR) is 66.8 cm³/mol. The summed E-state index contributed by atoms with van der Waals surface area (Å²) in [5, 5.41) is 21.6. The Morgan fingerprint density at radius 1 is 1.20 bits per heavy atom. The quantitative estimate of drug-likeness (QED) is 0.605. The van der Waals surface area contributed by atoms with E-state index < -0.39 is 34.9 Å². The maximum atomic E-state index is 12.5. The zero-order valence-electron chi connectivity index (χ0n) is 11.9. The molecule has 5 heteroatoms. The molecule has 2 N–H and O–H groups in total. The molecule has 0 bridgehead atoms. The Balaban J connectivity index is 1.73. The zero-order chi connectivity index (χ0) is 14.3. The highest BCUT2D eigenvalue weighted by Crippen LogP contribution is 2.80. The molecule has 0 amide bonds. The molecular weight excluding hydrogens is 260 g/mol. The van der Waals surface area contributed by atoms with E-state index in [4.69, 9.17) is 9.47 Å². The molecule has 0 aromatic rings. The van der Waals surface area contributed by atoms with E-state index in [1.54, 1.807) is 0 Å². The van der Waals surface area contributed by atoms with Crippen LogP contribution >= 0.6 is 0 Å². The molecule has 8 atom stereocenters. The average Bonchev–Trinajstić information content (AvgIpc) is 3.24. The van der Waals surface area contributed by atoms with Crippen molar-refractivity contribution in [2.24, 2.45) is 22.7 Å². The first-order valence-electron chi connectivity index (χ1n) is 7.46. The molecule has 2 spiro atoms. The van der Waals surface area contributed by atoms with E-state index in [-0.39, 0.29) is 23.0 Å². The second kappa shape index (κ2) is 2.74. The third kappa shape index (κ3) is 0.815. The molecule has 0 aromatic heterocycles. The first-order chi connectivity index (χ1) is 9.24. The lowest BCUT2D eigenvalue weighted by atomic mass is 9.65. The van der Waals surface area contributed by atoms with Gasteiger partial charge in [0.1, 0.15) is 5.60 Å². The van der Waals surface area contributed by atoms with Gasteiger partial charge < -0.3 is 19.7 Å². The third-order valence-corrected chi connectivity index (χ3v) is 7.24. The molecule has 2 heterocycles. The number of epoxide rings is 2. The lowest BCUT2D eigenvalue weighted by Crippen LogP contribution is -2.52. The van der Waals surface area contributed by atoms with Crippen molar-refractivity contribution in [1.29, 1.82) is 0 Å². The summed E-state index contributed by atoms with van der Waals surface area (Å²) < 4.78 is 11.3. The average molecular weight is 280 g/mol. The van der Waals surface area contributed by atoms with E-state index in [1.165, 1.54) is 0 Å². The van der Waals surface area contributed by atoms with Gasteiger partial charge in [0.25, 0.3) is 0 Å². The number of aliphatic hydroxyl groups excluding tert-OH is 2. The van der Waals surface area contributed by atoms with Crippen LogP contribution in [-0.2, 0) is 14.3 Å².